The second-order valence-corrected chi connectivity index (χ2v) is 35.9. The second-order valence-electron chi connectivity index (χ2n) is 28.8. The summed E-state index contributed by atoms with van der Waals surface area (Å²) < 4.78 is 87.7. The summed E-state index contributed by atoms with van der Waals surface area (Å²) in [4.78, 5) is 69.5. The molecule has 16 rings (SSSR count). The number of likely N-dealkylation sites (tertiary alicyclic amines) is 1. The molecule has 31 nitrogen and oxygen atoms in total. The molecule has 4 unspecified atom stereocenters. The molecule has 0 radical (unpaired) electrons. The number of morpholine rings is 1. The van der Waals surface area contributed by atoms with Crippen LogP contribution in [-0.2, 0) is 73.7 Å². The highest BCUT2D eigenvalue weighted by Gasteiger charge is 2.31. The van der Waals surface area contributed by atoms with Gasteiger partial charge >= 0.3 is 0 Å². The Balaban J connectivity index is 0.000000142. The predicted octanol–water partition coefficient (Wildman–Crippen LogP) is 8.08. The third-order valence-electron chi connectivity index (χ3n) is 19.9. The first-order chi connectivity index (χ1) is 54.9. The van der Waals surface area contributed by atoms with Crippen molar-refractivity contribution < 1.29 is 35.3 Å². The van der Waals surface area contributed by atoms with E-state index < -0.39 is 36.0 Å². The first-order valence-corrected chi connectivity index (χ1v) is 43.0. The molecule has 35 heteroatoms. The summed E-state index contributed by atoms with van der Waals surface area (Å²) in [7, 11) is -1.45. The zero-order valence-electron chi connectivity index (χ0n) is 64.0. The van der Waals surface area contributed by atoms with Gasteiger partial charge in [0.15, 0.2) is 24.7 Å². The Bertz CT molecular complexity index is 6010. The molecule has 0 bridgehead atoms. The van der Waals surface area contributed by atoms with Gasteiger partial charge in [0.25, 0.3) is 16.7 Å². The number of aryl methyl sites for hydroxylation is 2. The van der Waals surface area contributed by atoms with Gasteiger partial charge in [0.1, 0.15) is 49.3 Å². The van der Waals surface area contributed by atoms with Crippen LogP contribution < -0.4 is 48.0 Å². The number of rotatable bonds is 24. The normalized spacial score (nSPS) is 16.9. The smallest absolute Gasteiger partial charge is 0.268 e. The van der Waals surface area contributed by atoms with E-state index in [1.807, 2.05) is 80.6 Å². The number of terminal acetylenes is 1. The van der Waals surface area contributed by atoms with Crippen molar-refractivity contribution in [2.24, 2.45) is 14.1 Å². The van der Waals surface area contributed by atoms with Crippen molar-refractivity contribution >= 4 is 110 Å². The summed E-state index contributed by atoms with van der Waals surface area (Å²) >= 11 is 1.17. The maximum Gasteiger partial charge on any atom is 0.268 e. The van der Waals surface area contributed by atoms with Crippen molar-refractivity contribution in [1.82, 2.24) is 83.9 Å². The molecule has 3 aromatic carbocycles. The Labute approximate surface area is 664 Å². The van der Waals surface area contributed by atoms with Crippen LogP contribution in [0.25, 0.3) is 33.1 Å². The highest BCUT2D eigenvalue weighted by atomic mass is 32.2. The summed E-state index contributed by atoms with van der Waals surface area (Å²) in [5, 5.41) is 32.8. The lowest BCUT2D eigenvalue weighted by molar-refractivity contribution is 0.0277. The standard InChI is InChI=1S/C30H35N5O4S2.C26H28N8O3S.C23H25N7O4S/c1-34-12-3-4-22(18-34)20-7-9-25(10-8-20)32-30-31-17-24-16-26(21-5-6-21)28(36)35(27(24)33-30)19-23-11-14-40-29(23)41(37,38)15-13-39-2;1-5-17-12-19-13-28-26(29-20-8-6-18(7-9-20)22-14-27-10-11-37-22)30-23(19)34(24(17)35)15-21-25(33(4)32-31-21)38(36)16(2)3;1-29-14-20(35(2,32)33)19(28-29)13-30-21(31)8-3-15-11-25-23(27-22(15)30)26-16-4-6-17(7-5-16)34-18-9-10-24-12-18/h7-11,14,16-17,21-22H,3-6,12-13,15,18-19H2,1-2H3,(H,31,32,33);1,6-9,12-13,16,22,27H,10-11,14-15H2,2-4H3,(H,28,29,30);3-8,11,14,18,24H,9-10,12-13H2,1-2H3,(H,25,26,27). The molecule has 1 saturated carbocycles. The van der Waals surface area contributed by atoms with Crippen molar-refractivity contribution in [3.05, 3.63) is 204 Å². The minimum Gasteiger partial charge on any atom is -0.489 e. The van der Waals surface area contributed by atoms with Gasteiger partial charge in [-0.3, -0.25) is 37.0 Å². The predicted molar refractivity (Wildman–Crippen MR) is 438 cm³/mol. The molecule has 3 saturated heterocycles. The fraction of sp³-hybridized carbons (Fsp3) is 0.367. The number of sulfone groups is 2. The van der Waals surface area contributed by atoms with Gasteiger partial charge in [-0.1, -0.05) is 49.2 Å². The molecule has 114 heavy (non-hydrogen) atoms. The van der Waals surface area contributed by atoms with Crippen LogP contribution in [0.5, 0.6) is 5.75 Å². The fourth-order valence-electron chi connectivity index (χ4n) is 14.0. The van der Waals surface area contributed by atoms with Crippen LogP contribution in [0.2, 0.25) is 0 Å². The Morgan fingerprint density at radius 1 is 0.702 bits per heavy atom. The molecular formula is C79H88N20O11S4. The number of methoxy groups -OCH3 is 1. The molecule has 1 aliphatic carbocycles. The van der Waals surface area contributed by atoms with E-state index in [0.717, 1.165) is 104 Å². The van der Waals surface area contributed by atoms with Crippen molar-refractivity contribution in [3.8, 4) is 18.1 Å². The van der Waals surface area contributed by atoms with Gasteiger partial charge in [-0.15, -0.1) is 22.9 Å². The van der Waals surface area contributed by atoms with Gasteiger partial charge in [-0.05, 0) is 153 Å². The van der Waals surface area contributed by atoms with E-state index in [9.17, 15) is 35.4 Å². The van der Waals surface area contributed by atoms with E-state index in [2.05, 4.69) is 96.9 Å². The number of piperidine rings is 1. The highest BCUT2D eigenvalue weighted by molar-refractivity contribution is 7.93. The van der Waals surface area contributed by atoms with Crippen LogP contribution in [0.1, 0.15) is 103 Å². The number of pyridine rings is 3. The van der Waals surface area contributed by atoms with Crippen LogP contribution in [0.3, 0.4) is 0 Å². The van der Waals surface area contributed by atoms with Crippen molar-refractivity contribution in [1.29, 1.82) is 0 Å². The summed E-state index contributed by atoms with van der Waals surface area (Å²) in [6.45, 7) is 10.2. The number of anilines is 6. The second kappa shape index (κ2) is 34.9. The number of hydrogen-bond acceptors (Lipinski definition) is 27. The average molecular weight is 1620 g/mol. The molecule has 0 amide bonds. The number of ether oxygens (including phenoxy) is 3. The van der Waals surface area contributed by atoms with E-state index >= 15 is 0 Å². The van der Waals surface area contributed by atoms with E-state index in [1.54, 1.807) is 60.8 Å². The summed E-state index contributed by atoms with van der Waals surface area (Å²) in [5.74, 6) is 4.88. The molecule has 12 aromatic rings. The maximum absolute atomic E-state index is 13.7. The van der Waals surface area contributed by atoms with E-state index in [4.69, 9.17) is 25.6 Å². The van der Waals surface area contributed by atoms with Gasteiger partial charge < -0.3 is 45.7 Å². The molecule has 4 aliphatic rings. The third-order valence-corrected chi connectivity index (χ3v) is 26.2. The monoisotopic (exact) mass is 1620 g/mol. The molecule has 4 fully saturated rings. The summed E-state index contributed by atoms with van der Waals surface area (Å²) in [6, 6.07) is 32.1. The maximum atomic E-state index is 13.7. The first kappa shape index (κ1) is 79.8. The Morgan fingerprint density at radius 2 is 1.32 bits per heavy atom. The molecule has 3 aliphatic heterocycles. The molecule has 594 valence electrons. The van der Waals surface area contributed by atoms with Gasteiger partial charge in [0, 0.05) is 134 Å². The zero-order valence-corrected chi connectivity index (χ0v) is 67.3. The van der Waals surface area contributed by atoms with E-state index in [0.29, 0.717) is 74.4 Å². The van der Waals surface area contributed by atoms with Crippen LogP contribution in [-0.4, -0.2) is 184 Å². The number of aromatic nitrogens is 14. The van der Waals surface area contributed by atoms with Gasteiger partial charge in [-0.2, -0.15) is 20.1 Å². The van der Waals surface area contributed by atoms with Crippen molar-refractivity contribution in [3.63, 3.8) is 0 Å². The molecular weight excluding hydrogens is 1530 g/mol. The van der Waals surface area contributed by atoms with Crippen LogP contribution >= 0.6 is 11.3 Å². The Morgan fingerprint density at radius 3 is 1.91 bits per heavy atom. The topological polar surface area (TPSA) is 368 Å². The summed E-state index contributed by atoms with van der Waals surface area (Å²) in [6.07, 6.45) is 18.7. The van der Waals surface area contributed by atoms with Crippen LogP contribution in [0, 0.1) is 12.3 Å². The van der Waals surface area contributed by atoms with Crippen LogP contribution in [0.15, 0.2) is 162 Å². The number of nitrogens with zero attached hydrogens (tertiary/aromatic N) is 15. The third kappa shape index (κ3) is 18.7. The minimum atomic E-state index is -3.54. The quantitative estimate of drug-likeness (QED) is 0.0357. The highest BCUT2D eigenvalue weighted by Crippen LogP contribution is 2.40. The lowest BCUT2D eigenvalue weighted by Crippen LogP contribution is -2.33. The van der Waals surface area contributed by atoms with Crippen molar-refractivity contribution in [2.45, 2.75) is 109 Å². The zero-order chi connectivity index (χ0) is 80.0. The van der Waals surface area contributed by atoms with Gasteiger partial charge in [-0.25, -0.2) is 36.5 Å². The number of thiophene rings is 1. The number of fused-ring (bicyclic) bond motifs is 3. The molecule has 4 atom stereocenters. The van der Waals surface area contributed by atoms with Gasteiger partial charge in [0.2, 0.25) is 17.8 Å². The Kier molecular flexibility index (Phi) is 24.4. The largest absolute Gasteiger partial charge is 0.489 e. The first-order valence-electron chi connectivity index (χ1n) is 37.4. The molecule has 5 N–H and O–H groups in total. The van der Waals surface area contributed by atoms with Crippen LogP contribution in [0.4, 0.5) is 34.9 Å². The lowest BCUT2D eigenvalue weighted by atomic mass is 9.91. The number of hydrogen-bond donors (Lipinski definition) is 5. The number of likely N-dealkylation sites (N-methyl/N-ethyl adjacent to an activating group) is 1. The molecule has 12 heterocycles. The van der Waals surface area contributed by atoms with E-state index in [1.165, 1.54) is 67.6 Å². The number of nitrogens with one attached hydrogen (secondary N) is 5. The summed E-state index contributed by atoms with van der Waals surface area (Å²) in [5.41, 5.74) is 7.37. The van der Waals surface area contributed by atoms with E-state index in [-0.39, 0.29) is 86.9 Å². The molecule has 0 spiro atoms. The molecule has 9 aromatic heterocycles. The average Bonchev–Trinajstić information content (AvgIpc) is 1.36. The SMILES string of the molecule is C#Cc1cc2cnc(Nc3ccc(C4CNCCO4)cc3)nc2n(Cc2nnn(C)c2S(=O)C(C)C)c1=O.COCCS(=O)(=O)c1sccc1Cn1c(=O)c(C2CC2)cc2cnc(Nc3ccc(C4CCCN(C)C4)cc3)nc21.Cn1cc(S(C)(=O)=O)c(Cn2c(=O)ccc3cnc(Nc4ccc(OC5CCNC5)cc4)nc32)n1. The Hall–Kier alpha value is -10.8. The minimum absolute atomic E-state index is 0.00700. The lowest BCUT2D eigenvalue weighted by Gasteiger charge is -2.30. The van der Waals surface area contributed by atoms with Gasteiger partial charge in [0.05, 0.1) is 61.1 Å². The fourth-order valence-corrected chi connectivity index (χ4v) is 18.7. The van der Waals surface area contributed by atoms with Crippen molar-refractivity contribution in [2.75, 3.05) is 94.6 Å². The number of benzene rings is 3.